The summed E-state index contributed by atoms with van der Waals surface area (Å²) in [7, 11) is 0. The monoisotopic (exact) mass is 308 g/mol. The van der Waals surface area contributed by atoms with E-state index in [0.29, 0.717) is 24.7 Å². The second-order valence-corrected chi connectivity index (χ2v) is 4.61. The van der Waals surface area contributed by atoms with Crippen molar-refractivity contribution in [1.82, 2.24) is 5.32 Å². The Morgan fingerprint density at radius 1 is 1.23 bits per heavy atom. The predicted octanol–water partition coefficient (Wildman–Crippen LogP) is 0.588. The minimum atomic E-state index is -1.16. The summed E-state index contributed by atoms with van der Waals surface area (Å²) in [5.41, 5.74) is 5.03. The first-order valence-corrected chi connectivity index (χ1v) is 6.68. The minimum Gasteiger partial charge on any atom is -0.490 e. The molecular formula is C14H16N2O6. The number of benzene rings is 1. The molecule has 22 heavy (non-hydrogen) atoms. The Kier molecular flexibility index (Phi) is 4.82. The zero-order chi connectivity index (χ0) is 16.1. The SMILES string of the molecule is C[C@H](OC(=O)c1ccc2c(c1)OCCCO2)C(=O)NC(N)=O. The molecular weight excluding hydrogens is 292 g/mol. The molecule has 1 aromatic carbocycles. The average molecular weight is 308 g/mol. The fourth-order valence-corrected chi connectivity index (χ4v) is 1.80. The summed E-state index contributed by atoms with van der Waals surface area (Å²) in [5, 5.41) is 1.84. The first-order valence-electron chi connectivity index (χ1n) is 6.68. The number of hydrogen-bond acceptors (Lipinski definition) is 6. The fraction of sp³-hybridized carbons (Fsp3) is 0.357. The first kappa shape index (κ1) is 15.6. The number of urea groups is 1. The van der Waals surface area contributed by atoms with Crippen molar-refractivity contribution >= 4 is 17.9 Å². The number of esters is 1. The highest BCUT2D eigenvalue weighted by molar-refractivity contribution is 5.98. The Bertz CT molecular complexity index is 601. The third kappa shape index (κ3) is 3.87. The third-order valence-corrected chi connectivity index (χ3v) is 2.88. The molecule has 0 saturated heterocycles. The Hall–Kier alpha value is -2.77. The van der Waals surface area contributed by atoms with Gasteiger partial charge >= 0.3 is 12.0 Å². The van der Waals surface area contributed by atoms with Crippen molar-refractivity contribution < 1.29 is 28.6 Å². The lowest BCUT2D eigenvalue weighted by Crippen LogP contribution is -2.42. The number of fused-ring (bicyclic) bond motifs is 1. The summed E-state index contributed by atoms with van der Waals surface area (Å²) in [6.07, 6.45) is -0.408. The number of carbonyl (C=O) groups is 3. The Balaban J connectivity index is 2.05. The van der Waals surface area contributed by atoms with E-state index in [0.717, 1.165) is 6.42 Å². The number of hydrogen-bond donors (Lipinski definition) is 2. The Morgan fingerprint density at radius 3 is 2.59 bits per heavy atom. The van der Waals surface area contributed by atoms with Gasteiger partial charge < -0.3 is 19.9 Å². The second-order valence-electron chi connectivity index (χ2n) is 4.61. The van der Waals surface area contributed by atoms with Crippen molar-refractivity contribution in [3.05, 3.63) is 23.8 Å². The van der Waals surface area contributed by atoms with E-state index in [1.165, 1.54) is 19.1 Å². The van der Waals surface area contributed by atoms with E-state index >= 15 is 0 Å². The van der Waals surface area contributed by atoms with Crippen LogP contribution < -0.4 is 20.5 Å². The zero-order valence-corrected chi connectivity index (χ0v) is 12.0. The first-order chi connectivity index (χ1) is 10.5. The van der Waals surface area contributed by atoms with Crippen molar-refractivity contribution in [3.8, 4) is 11.5 Å². The van der Waals surface area contributed by atoms with E-state index in [1.54, 1.807) is 6.07 Å². The summed E-state index contributed by atoms with van der Waals surface area (Å²) in [6, 6.07) is 3.59. The maximum atomic E-state index is 12.0. The van der Waals surface area contributed by atoms with Crippen LogP contribution in [0.3, 0.4) is 0 Å². The summed E-state index contributed by atoms with van der Waals surface area (Å²) < 4.78 is 15.9. The van der Waals surface area contributed by atoms with Crippen LogP contribution in [-0.2, 0) is 9.53 Å². The smallest absolute Gasteiger partial charge is 0.339 e. The lowest BCUT2D eigenvalue weighted by atomic mass is 10.2. The van der Waals surface area contributed by atoms with Crippen molar-refractivity contribution in [2.45, 2.75) is 19.4 Å². The lowest BCUT2D eigenvalue weighted by Gasteiger charge is -2.13. The zero-order valence-electron chi connectivity index (χ0n) is 12.0. The van der Waals surface area contributed by atoms with Crippen LogP contribution in [0.1, 0.15) is 23.7 Å². The van der Waals surface area contributed by atoms with Gasteiger partial charge in [-0.25, -0.2) is 9.59 Å². The number of carbonyl (C=O) groups excluding carboxylic acids is 3. The highest BCUT2D eigenvalue weighted by Gasteiger charge is 2.21. The molecule has 8 heteroatoms. The molecule has 1 atom stereocenters. The van der Waals surface area contributed by atoms with E-state index in [-0.39, 0.29) is 5.56 Å². The van der Waals surface area contributed by atoms with Crippen LogP contribution >= 0.6 is 0 Å². The van der Waals surface area contributed by atoms with Crippen LogP contribution in [0.2, 0.25) is 0 Å². The van der Waals surface area contributed by atoms with E-state index < -0.39 is 24.0 Å². The number of primary amides is 1. The number of ether oxygens (including phenoxy) is 3. The van der Waals surface area contributed by atoms with E-state index in [1.807, 2.05) is 5.32 Å². The molecule has 0 aliphatic carbocycles. The van der Waals surface area contributed by atoms with E-state index in [4.69, 9.17) is 19.9 Å². The molecule has 0 radical (unpaired) electrons. The molecule has 8 nitrogen and oxygen atoms in total. The molecule has 1 heterocycles. The van der Waals surface area contributed by atoms with E-state index in [2.05, 4.69) is 0 Å². The molecule has 1 aliphatic heterocycles. The summed E-state index contributed by atoms with van der Waals surface area (Å²) in [4.78, 5) is 34.0. The molecule has 0 spiro atoms. The predicted molar refractivity (Wildman–Crippen MR) is 74.7 cm³/mol. The van der Waals surface area contributed by atoms with Gasteiger partial charge in [0.15, 0.2) is 17.6 Å². The van der Waals surface area contributed by atoms with Crippen LogP contribution in [0.25, 0.3) is 0 Å². The van der Waals surface area contributed by atoms with Crippen molar-refractivity contribution in [1.29, 1.82) is 0 Å². The van der Waals surface area contributed by atoms with Gasteiger partial charge in [-0.3, -0.25) is 10.1 Å². The van der Waals surface area contributed by atoms with Gasteiger partial charge in [0, 0.05) is 6.42 Å². The van der Waals surface area contributed by atoms with Gasteiger partial charge in [0.2, 0.25) is 0 Å². The molecule has 1 aliphatic rings. The molecule has 3 amide bonds. The van der Waals surface area contributed by atoms with E-state index in [9.17, 15) is 14.4 Å². The van der Waals surface area contributed by atoms with Crippen molar-refractivity contribution in [2.24, 2.45) is 5.73 Å². The largest absolute Gasteiger partial charge is 0.490 e. The van der Waals surface area contributed by atoms with Gasteiger partial charge in [0.1, 0.15) is 0 Å². The van der Waals surface area contributed by atoms with Crippen LogP contribution in [-0.4, -0.2) is 37.2 Å². The van der Waals surface area contributed by atoms with Crippen LogP contribution in [0.5, 0.6) is 11.5 Å². The maximum absolute atomic E-state index is 12.0. The minimum absolute atomic E-state index is 0.211. The van der Waals surface area contributed by atoms with Gasteiger partial charge in [-0.05, 0) is 25.1 Å². The molecule has 0 bridgehead atoms. The maximum Gasteiger partial charge on any atom is 0.339 e. The normalized spacial score (nSPS) is 14.4. The van der Waals surface area contributed by atoms with Gasteiger partial charge in [0.25, 0.3) is 5.91 Å². The van der Waals surface area contributed by atoms with Crippen LogP contribution in [0.15, 0.2) is 18.2 Å². The molecule has 0 aromatic heterocycles. The number of amides is 3. The molecule has 0 fully saturated rings. The summed E-state index contributed by atoms with van der Waals surface area (Å²) in [6.45, 7) is 2.36. The molecule has 118 valence electrons. The number of rotatable bonds is 3. The topological polar surface area (TPSA) is 117 Å². The average Bonchev–Trinajstić information content (AvgIpc) is 2.70. The molecule has 2 rings (SSSR count). The lowest BCUT2D eigenvalue weighted by molar-refractivity contribution is -0.127. The van der Waals surface area contributed by atoms with Gasteiger partial charge in [-0.2, -0.15) is 0 Å². The second kappa shape index (κ2) is 6.79. The molecule has 3 N–H and O–H groups in total. The molecule has 0 saturated carbocycles. The fourth-order valence-electron chi connectivity index (χ4n) is 1.80. The van der Waals surface area contributed by atoms with Crippen LogP contribution in [0, 0.1) is 0 Å². The summed E-state index contributed by atoms with van der Waals surface area (Å²) >= 11 is 0. The van der Waals surface area contributed by atoms with Crippen molar-refractivity contribution in [3.63, 3.8) is 0 Å². The standard InChI is InChI=1S/C14H16N2O6/c1-8(12(17)16-14(15)19)22-13(18)9-3-4-10-11(7-9)21-6-2-5-20-10/h3-4,7-8H,2,5-6H2,1H3,(H3,15,16,17,19)/t8-/m0/s1. The number of imide groups is 1. The van der Waals surface area contributed by atoms with Gasteiger partial charge in [0.05, 0.1) is 18.8 Å². The number of nitrogens with one attached hydrogen (secondary N) is 1. The highest BCUT2D eigenvalue weighted by atomic mass is 16.5. The Labute approximate surface area is 126 Å². The van der Waals surface area contributed by atoms with Gasteiger partial charge in [-0.1, -0.05) is 0 Å². The molecule has 0 unspecified atom stereocenters. The quantitative estimate of drug-likeness (QED) is 0.789. The summed E-state index contributed by atoms with van der Waals surface area (Å²) in [5.74, 6) is -0.521. The number of nitrogens with two attached hydrogens (primary N) is 1. The van der Waals surface area contributed by atoms with Crippen molar-refractivity contribution in [2.75, 3.05) is 13.2 Å². The molecule has 1 aromatic rings. The van der Waals surface area contributed by atoms with Crippen LogP contribution in [0.4, 0.5) is 4.79 Å². The third-order valence-electron chi connectivity index (χ3n) is 2.88. The Morgan fingerprint density at radius 2 is 1.91 bits per heavy atom. The highest BCUT2D eigenvalue weighted by Crippen LogP contribution is 2.30. The van der Waals surface area contributed by atoms with Gasteiger partial charge in [-0.15, -0.1) is 0 Å².